The van der Waals surface area contributed by atoms with E-state index in [9.17, 15) is 10.2 Å². The maximum atomic E-state index is 10.0. The van der Waals surface area contributed by atoms with Crippen LogP contribution in [-0.2, 0) is 0 Å². The number of rotatable bonds is 5. The van der Waals surface area contributed by atoms with Gasteiger partial charge in [0.05, 0.1) is 29.9 Å². The van der Waals surface area contributed by atoms with Crippen molar-refractivity contribution in [3.63, 3.8) is 0 Å². The zero-order valence-corrected chi connectivity index (χ0v) is 23.4. The average Bonchev–Trinajstić information content (AvgIpc) is 3.65. The lowest BCUT2D eigenvalue weighted by Crippen LogP contribution is -1.82. The summed E-state index contributed by atoms with van der Waals surface area (Å²) < 4.78 is 5.15. The summed E-state index contributed by atoms with van der Waals surface area (Å²) >= 11 is 0. The van der Waals surface area contributed by atoms with E-state index >= 15 is 0 Å². The van der Waals surface area contributed by atoms with Gasteiger partial charge in [-0.2, -0.15) is 10.2 Å². The van der Waals surface area contributed by atoms with Crippen LogP contribution in [0.25, 0.3) is 45.0 Å². The minimum Gasteiger partial charge on any atom is -0.507 e. The Morgan fingerprint density at radius 1 is 0.537 bits per heavy atom. The molecule has 2 aromatic heterocycles. The predicted molar refractivity (Wildman–Crippen MR) is 163 cm³/mol. The first-order valence-corrected chi connectivity index (χ1v) is 13.2. The van der Waals surface area contributed by atoms with Gasteiger partial charge in [0.1, 0.15) is 17.2 Å². The largest absolute Gasteiger partial charge is 0.507 e. The topological polar surface area (TPSA) is 107 Å². The van der Waals surface area contributed by atoms with E-state index in [0.717, 1.165) is 61.9 Å². The zero-order chi connectivity index (χ0) is 28.9. The number of hydrogen-bond acceptors (Lipinski definition) is 5. The minimum atomic E-state index is 0.250. The lowest BCUT2D eigenvalue weighted by Gasteiger charge is -2.02. The molecule has 0 aliphatic heterocycles. The molecule has 0 unspecified atom stereocenters. The summed E-state index contributed by atoms with van der Waals surface area (Å²) in [5.41, 5.74) is 10.1. The van der Waals surface area contributed by atoms with E-state index in [-0.39, 0.29) is 11.5 Å². The molecular weight excluding hydrogens is 512 g/mol. The Labute approximate surface area is 239 Å². The van der Waals surface area contributed by atoms with E-state index in [1.165, 1.54) is 5.56 Å². The van der Waals surface area contributed by atoms with Crippen molar-refractivity contribution in [3.05, 3.63) is 114 Å². The number of aromatic hydroxyl groups is 2. The Morgan fingerprint density at radius 2 is 0.951 bits per heavy atom. The van der Waals surface area contributed by atoms with Crippen LogP contribution in [0.1, 0.15) is 16.7 Å². The summed E-state index contributed by atoms with van der Waals surface area (Å²) in [5, 5.41) is 34.6. The van der Waals surface area contributed by atoms with E-state index < -0.39 is 0 Å². The monoisotopic (exact) mass is 544 g/mol. The van der Waals surface area contributed by atoms with E-state index in [4.69, 9.17) is 4.74 Å². The smallest absolute Gasteiger partial charge is 0.125 e. The van der Waals surface area contributed by atoms with Crippen molar-refractivity contribution in [2.24, 2.45) is 0 Å². The lowest BCUT2D eigenvalue weighted by molar-refractivity contribution is 0.415. The molecule has 6 aromatic rings. The van der Waals surface area contributed by atoms with E-state index in [1.807, 2.05) is 86.6 Å². The zero-order valence-electron chi connectivity index (χ0n) is 23.4. The summed E-state index contributed by atoms with van der Waals surface area (Å²) in [6.45, 7) is 5.96. The van der Waals surface area contributed by atoms with Crippen molar-refractivity contribution >= 4 is 0 Å². The van der Waals surface area contributed by atoms with E-state index in [0.29, 0.717) is 0 Å². The first-order chi connectivity index (χ1) is 19.8. The Hall–Kier alpha value is -5.30. The fraction of sp³-hybridized carbons (Fsp3) is 0.118. The molecule has 0 fully saturated rings. The van der Waals surface area contributed by atoms with Gasteiger partial charge in [-0.3, -0.25) is 10.2 Å². The average molecular weight is 545 g/mol. The molecule has 0 spiro atoms. The molecule has 7 heteroatoms. The van der Waals surface area contributed by atoms with Crippen LogP contribution in [0.4, 0.5) is 0 Å². The lowest BCUT2D eigenvalue weighted by atomic mass is 10.1. The summed E-state index contributed by atoms with van der Waals surface area (Å²) in [5.74, 6) is 1.33. The number of phenolic OH excluding ortho intramolecular Hbond substituents is 2. The van der Waals surface area contributed by atoms with Crippen LogP contribution in [0.3, 0.4) is 0 Å². The van der Waals surface area contributed by atoms with E-state index in [2.05, 4.69) is 39.5 Å². The number of aromatic amines is 2. The number of nitrogens with zero attached hydrogens (tertiary/aromatic N) is 2. The summed E-state index contributed by atoms with van der Waals surface area (Å²) in [7, 11) is 1.64. The van der Waals surface area contributed by atoms with Gasteiger partial charge in [-0.1, -0.05) is 42.0 Å². The Bertz CT molecular complexity index is 1770. The van der Waals surface area contributed by atoms with Crippen molar-refractivity contribution in [3.8, 4) is 62.3 Å². The molecule has 7 nitrogen and oxygen atoms in total. The number of aromatic nitrogens is 4. The molecule has 6 rings (SSSR count). The summed E-state index contributed by atoms with van der Waals surface area (Å²) in [4.78, 5) is 0. The van der Waals surface area contributed by atoms with Gasteiger partial charge in [0.25, 0.3) is 0 Å². The molecule has 0 aliphatic rings. The van der Waals surface area contributed by atoms with Gasteiger partial charge in [-0.25, -0.2) is 0 Å². The second-order valence-electron chi connectivity index (χ2n) is 9.97. The fourth-order valence-electron chi connectivity index (χ4n) is 4.44. The highest BCUT2D eigenvalue weighted by Gasteiger charge is 2.11. The number of H-pyrrole nitrogens is 2. The van der Waals surface area contributed by atoms with Crippen LogP contribution in [0.15, 0.2) is 97.1 Å². The normalized spacial score (nSPS) is 10.6. The molecule has 0 atom stereocenters. The molecule has 4 aromatic carbocycles. The minimum absolute atomic E-state index is 0.250. The number of nitrogens with one attached hydrogen (secondary N) is 2. The number of methoxy groups -OCH3 is 1. The molecule has 41 heavy (non-hydrogen) atoms. The Kier molecular flexibility index (Phi) is 7.87. The third kappa shape index (κ3) is 6.31. The number of benzene rings is 4. The molecule has 2 heterocycles. The van der Waals surface area contributed by atoms with Gasteiger partial charge >= 0.3 is 0 Å². The van der Waals surface area contributed by atoms with Gasteiger partial charge in [0.15, 0.2) is 0 Å². The summed E-state index contributed by atoms with van der Waals surface area (Å²) in [6.07, 6.45) is 0. The van der Waals surface area contributed by atoms with Crippen molar-refractivity contribution in [2.75, 3.05) is 7.11 Å². The standard InChI is InChI=1S/C17H16N2O2.C17H16N2O/c1-11-3-8-14(17(20)9-11)16-10-15(18-19-16)12-4-6-13(21-2)7-5-12;1-11-3-6-13(7-4-11)15-10-16(19-18-15)14-8-5-12(2)9-17(14)20/h3-10,20H,1-2H3,(H,18,19);3-10,20H,1-2H3,(H,18,19). The van der Waals surface area contributed by atoms with Crippen LogP contribution >= 0.6 is 0 Å². The van der Waals surface area contributed by atoms with Crippen molar-refractivity contribution in [2.45, 2.75) is 20.8 Å². The molecule has 0 amide bonds. The van der Waals surface area contributed by atoms with E-state index in [1.54, 1.807) is 19.2 Å². The number of aryl methyl sites for hydroxylation is 3. The van der Waals surface area contributed by atoms with Crippen molar-refractivity contribution in [1.29, 1.82) is 0 Å². The highest BCUT2D eigenvalue weighted by molar-refractivity contribution is 5.73. The van der Waals surface area contributed by atoms with Crippen LogP contribution in [0.5, 0.6) is 17.2 Å². The second kappa shape index (κ2) is 11.8. The van der Waals surface area contributed by atoms with Gasteiger partial charge in [0, 0.05) is 22.3 Å². The fourth-order valence-corrected chi connectivity index (χ4v) is 4.44. The van der Waals surface area contributed by atoms with Crippen LogP contribution in [0.2, 0.25) is 0 Å². The molecule has 0 radical (unpaired) electrons. The molecular formula is C34H32N4O3. The molecule has 0 aliphatic carbocycles. The molecule has 0 bridgehead atoms. The summed E-state index contributed by atoms with van der Waals surface area (Å²) in [6, 6.07) is 31.0. The number of ether oxygens (including phenoxy) is 1. The second-order valence-corrected chi connectivity index (χ2v) is 9.97. The molecule has 206 valence electrons. The first-order valence-electron chi connectivity index (χ1n) is 13.2. The number of hydrogen-bond donors (Lipinski definition) is 4. The van der Waals surface area contributed by atoms with Crippen LogP contribution < -0.4 is 4.74 Å². The van der Waals surface area contributed by atoms with Gasteiger partial charge in [-0.05, 0) is 92.6 Å². The highest BCUT2D eigenvalue weighted by atomic mass is 16.5. The molecule has 4 N–H and O–H groups in total. The Morgan fingerprint density at radius 3 is 1.37 bits per heavy atom. The van der Waals surface area contributed by atoms with Crippen molar-refractivity contribution < 1.29 is 14.9 Å². The van der Waals surface area contributed by atoms with Crippen molar-refractivity contribution in [1.82, 2.24) is 20.4 Å². The highest BCUT2D eigenvalue weighted by Crippen LogP contribution is 2.32. The quantitative estimate of drug-likeness (QED) is 0.177. The van der Waals surface area contributed by atoms with Gasteiger partial charge in [-0.15, -0.1) is 0 Å². The Balaban J connectivity index is 0.000000165. The third-order valence-corrected chi connectivity index (χ3v) is 6.78. The maximum absolute atomic E-state index is 10.0. The first kappa shape index (κ1) is 27.3. The van der Waals surface area contributed by atoms with Gasteiger partial charge < -0.3 is 14.9 Å². The van der Waals surface area contributed by atoms with Gasteiger partial charge in [0.2, 0.25) is 0 Å². The maximum Gasteiger partial charge on any atom is 0.125 e. The number of phenols is 2. The van der Waals surface area contributed by atoms with Crippen LogP contribution in [0, 0.1) is 20.8 Å². The molecule has 0 saturated carbocycles. The molecule has 0 saturated heterocycles. The predicted octanol–water partition coefficient (Wildman–Crippen LogP) is 7.83. The SMILES string of the molecule is COc1ccc(-c2cc(-c3ccc(C)cc3O)[nH]n2)cc1.Cc1ccc(-c2cc(-c3ccc(C)cc3O)[nH]n2)cc1. The third-order valence-electron chi connectivity index (χ3n) is 6.78. The van der Waals surface area contributed by atoms with Crippen LogP contribution in [-0.4, -0.2) is 37.7 Å².